The van der Waals surface area contributed by atoms with E-state index in [2.05, 4.69) is 17.6 Å². The molecule has 222 valence electrons. The molecule has 1 aliphatic heterocycles. The number of aliphatic hydroxyl groups excluding tert-OH is 2. The summed E-state index contributed by atoms with van der Waals surface area (Å²) in [5, 5.41) is 27.5. The first-order valence-electron chi connectivity index (χ1n) is 14.2. The summed E-state index contributed by atoms with van der Waals surface area (Å²) in [7, 11) is 1.56. The fourth-order valence-corrected chi connectivity index (χ4v) is 7.28. The van der Waals surface area contributed by atoms with Crippen LogP contribution in [0.1, 0.15) is 51.5 Å². The topological polar surface area (TPSA) is 136 Å². The van der Waals surface area contributed by atoms with Crippen LogP contribution in [0.25, 0.3) is 0 Å². The smallest absolute Gasteiger partial charge is 0.411 e. The first-order valence-corrected chi connectivity index (χ1v) is 14.2. The van der Waals surface area contributed by atoms with Crippen molar-refractivity contribution >= 4 is 17.7 Å². The van der Waals surface area contributed by atoms with Gasteiger partial charge in [-0.25, -0.2) is 4.79 Å². The normalized spacial score (nSPS) is 30.2. The van der Waals surface area contributed by atoms with E-state index in [9.17, 15) is 19.8 Å². The molecule has 2 aromatic carbocycles. The molecule has 0 unspecified atom stereocenters. The highest BCUT2D eigenvalue weighted by Crippen LogP contribution is 2.61. The third kappa shape index (κ3) is 5.81. The first-order chi connectivity index (χ1) is 19.7. The molecule has 4 N–H and O–H groups in total. The molecule has 0 radical (unpaired) electrons. The van der Waals surface area contributed by atoms with E-state index in [-0.39, 0.29) is 37.6 Å². The molecule has 2 saturated carbocycles. The zero-order valence-corrected chi connectivity index (χ0v) is 23.9. The molecule has 5 rings (SSSR count). The van der Waals surface area contributed by atoms with Gasteiger partial charge in [-0.1, -0.05) is 26.0 Å². The molecule has 0 bridgehead atoms. The average molecular weight is 569 g/mol. The summed E-state index contributed by atoms with van der Waals surface area (Å²) < 4.78 is 21.9. The summed E-state index contributed by atoms with van der Waals surface area (Å²) in [5.41, 5.74) is 0.288. The van der Waals surface area contributed by atoms with Crippen LogP contribution in [0.3, 0.4) is 0 Å². The summed E-state index contributed by atoms with van der Waals surface area (Å²) >= 11 is 0. The lowest BCUT2D eigenvalue weighted by atomic mass is 9.46. The number of aliphatic hydroxyl groups is 2. The van der Waals surface area contributed by atoms with Gasteiger partial charge in [-0.15, -0.1) is 0 Å². The lowest BCUT2D eigenvalue weighted by molar-refractivity contribution is -0.185. The van der Waals surface area contributed by atoms with Crippen molar-refractivity contribution in [2.45, 2.75) is 64.7 Å². The molecule has 0 saturated heterocycles. The molecule has 2 aromatic rings. The maximum absolute atomic E-state index is 13.1. The van der Waals surface area contributed by atoms with Crippen molar-refractivity contribution in [3.63, 3.8) is 0 Å². The van der Waals surface area contributed by atoms with Crippen LogP contribution in [0.2, 0.25) is 0 Å². The third-order valence-corrected chi connectivity index (χ3v) is 9.57. The molecule has 3 aliphatic rings. The van der Waals surface area contributed by atoms with Crippen molar-refractivity contribution in [3.05, 3.63) is 48.0 Å². The number of fused-ring (bicyclic) bond motifs is 2. The van der Waals surface area contributed by atoms with Crippen molar-refractivity contribution in [1.29, 1.82) is 0 Å². The van der Waals surface area contributed by atoms with Crippen LogP contribution in [0.4, 0.5) is 10.5 Å². The van der Waals surface area contributed by atoms with Gasteiger partial charge >= 0.3 is 6.09 Å². The van der Waals surface area contributed by atoms with Crippen molar-refractivity contribution in [2.24, 2.45) is 22.7 Å². The van der Waals surface area contributed by atoms with E-state index in [0.717, 1.165) is 5.56 Å². The monoisotopic (exact) mass is 568 g/mol. The van der Waals surface area contributed by atoms with Gasteiger partial charge in [0, 0.05) is 30.1 Å². The van der Waals surface area contributed by atoms with Gasteiger partial charge in [0.15, 0.2) is 11.5 Å². The number of methoxy groups -OCH3 is 1. The molecule has 0 aromatic heterocycles. The Kier molecular flexibility index (Phi) is 8.33. The quantitative estimate of drug-likeness (QED) is 0.372. The van der Waals surface area contributed by atoms with Gasteiger partial charge in [-0.05, 0) is 72.8 Å². The number of ether oxygens (including phenoxy) is 4. The molecule has 2 aliphatic carbocycles. The largest absolute Gasteiger partial charge is 0.497 e. The molecular weight excluding hydrogens is 528 g/mol. The van der Waals surface area contributed by atoms with Gasteiger partial charge in [0.25, 0.3) is 0 Å². The van der Waals surface area contributed by atoms with E-state index >= 15 is 0 Å². The Morgan fingerprint density at radius 2 is 1.88 bits per heavy atom. The van der Waals surface area contributed by atoms with E-state index in [0.29, 0.717) is 55.2 Å². The maximum atomic E-state index is 13.1. The summed E-state index contributed by atoms with van der Waals surface area (Å²) in [5.74, 6) is 1.47. The predicted octanol–water partition coefficient (Wildman–Crippen LogP) is 4.23. The summed E-state index contributed by atoms with van der Waals surface area (Å²) in [6.07, 6.45) is 0.763. The summed E-state index contributed by atoms with van der Waals surface area (Å²) in [6, 6.07) is 12.6. The number of hydrogen-bond acceptors (Lipinski definition) is 8. The molecule has 2 fully saturated rings. The number of benzene rings is 2. The van der Waals surface area contributed by atoms with Gasteiger partial charge in [-0.2, -0.15) is 0 Å². The van der Waals surface area contributed by atoms with Crippen LogP contribution in [0.5, 0.6) is 17.2 Å². The van der Waals surface area contributed by atoms with Crippen LogP contribution >= 0.6 is 0 Å². The van der Waals surface area contributed by atoms with Crippen LogP contribution < -0.4 is 24.8 Å². The van der Waals surface area contributed by atoms with Crippen molar-refractivity contribution in [1.82, 2.24) is 5.32 Å². The fraction of sp³-hybridized carbons (Fsp3) is 0.548. The fourth-order valence-electron chi connectivity index (χ4n) is 7.28. The molecule has 6 atom stereocenters. The van der Waals surface area contributed by atoms with E-state index in [1.54, 1.807) is 31.4 Å². The maximum Gasteiger partial charge on any atom is 0.411 e. The Bertz CT molecular complexity index is 1270. The molecule has 0 spiro atoms. The van der Waals surface area contributed by atoms with Gasteiger partial charge < -0.3 is 34.5 Å². The summed E-state index contributed by atoms with van der Waals surface area (Å²) in [4.78, 5) is 26.0. The molecule has 10 heteroatoms. The second kappa shape index (κ2) is 11.8. The molecule has 10 nitrogen and oxygen atoms in total. The zero-order valence-electron chi connectivity index (χ0n) is 23.9. The highest BCUT2D eigenvalue weighted by Gasteiger charge is 2.60. The van der Waals surface area contributed by atoms with Crippen LogP contribution in [-0.4, -0.2) is 54.9 Å². The van der Waals surface area contributed by atoms with E-state index in [1.807, 2.05) is 25.1 Å². The van der Waals surface area contributed by atoms with Crippen molar-refractivity contribution in [3.8, 4) is 17.2 Å². The Morgan fingerprint density at radius 3 is 2.66 bits per heavy atom. The Hall–Kier alpha value is -3.50. The van der Waals surface area contributed by atoms with Crippen LogP contribution in [0, 0.1) is 22.7 Å². The lowest BCUT2D eigenvalue weighted by Crippen LogP contribution is -2.61. The minimum atomic E-state index is -0.736. The number of hydrogen-bond donors (Lipinski definition) is 4. The van der Waals surface area contributed by atoms with Crippen LogP contribution in [-0.2, 0) is 16.1 Å². The Morgan fingerprint density at radius 1 is 1.07 bits per heavy atom. The minimum Gasteiger partial charge on any atom is -0.497 e. The number of carbonyl (C=O) groups excluding carboxylic acids is 2. The van der Waals surface area contributed by atoms with Gasteiger partial charge in [0.05, 0.1) is 19.8 Å². The minimum absolute atomic E-state index is 0.0570. The second-order valence-corrected chi connectivity index (χ2v) is 11.9. The predicted molar refractivity (Wildman–Crippen MR) is 151 cm³/mol. The number of amides is 2. The SMILES string of the molecule is COc1cccc(NC(=O)O[C@@H]2CC[C@]3(C)[C@H](CC[C@@H](O)[C@H]3CC(=O)NCc3ccc4c(c3)OCO4)[C@]2(C)CO)c1. The second-order valence-electron chi connectivity index (χ2n) is 11.9. The lowest BCUT2D eigenvalue weighted by Gasteiger charge is -2.60. The number of rotatable bonds is 8. The molecular formula is C31H40N2O8. The molecule has 1 heterocycles. The van der Waals surface area contributed by atoms with E-state index < -0.39 is 29.1 Å². The Labute approximate surface area is 240 Å². The van der Waals surface area contributed by atoms with Crippen LogP contribution in [0.15, 0.2) is 42.5 Å². The van der Waals surface area contributed by atoms with E-state index in [4.69, 9.17) is 18.9 Å². The van der Waals surface area contributed by atoms with Gasteiger partial charge in [0.1, 0.15) is 11.9 Å². The number of anilines is 1. The van der Waals surface area contributed by atoms with Gasteiger partial charge in [-0.3, -0.25) is 10.1 Å². The number of carbonyl (C=O) groups is 2. The van der Waals surface area contributed by atoms with Crippen molar-refractivity contribution in [2.75, 3.05) is 25.8 Å². The van der Waals surface area contributed by atoms with Gasteiger partial charge in [0.2, 0.25) is 12.7 Å². The van der Waals surface area contributed by atoms with E-state index in [1.165, 1.54) is 0 Å². The average Bonchev–Trinajstić information content (AvgIpc) is 3.43. The highest BCUT2D eigenvalue weighted by molar-refractivity contribution is 5.85. The number of nitrogens with one attached hydrogen (secondary N) is 2. The summed E-state index contributed by atoms with van der Waals surface area (Å²) in [6.45, 7) is 4.41. The standard InChI is InChI=1S/C31H40N2O8/c1-30-12-11-27(41-29(37)33-20-5-4-6-21(14-20)38-3)31(2,17-34)26(30)10-8-23(35)22(30)15-28(36)32-16-19-7-9-24-25(13-19)40-18-39-24/h4-7,9,13-14,22-23,26-27,34-35H,8,10-12,15-18H2,1-3H3,(H,32,36)(H,33,37)/t22-,23-,26+,27-,30+,31+/m1/s1. The molecule has 41 heavy (non-hydrogen) atoms. The zero-order chi connectivity index (χ0) is 29.2. The Balaban J connectivity index is 1.24. The first kappa shape index (κ1) is 29.0. The molecule has 2 amide bonds. The third-order valence-electron chi connectivity index (χ3n) is 9.57. The van der Waals surface area contributed by atoms with Crippen molar-refractivity contribution < 1.29 is 38.7 Å². The highest BCUT2D eigenvalue weighted by atomic mass is 16.7.